The quantitative estimate of drug-likeness (QED) is 0.270. The maximum absolute atomic E-state index is 12.9. The van der Waals surface area contributed by atoms with Crippen LogP contribution in [0.4, 0.5) is 13.2 Å². The second-order valence-corrected chi connectivity index (χ2v) is 7.86. The van der Waals surface area contributed by atoms with Crippen molar-refractivity contribution >= 4 is 35.0 Å². The van der Waals surface area contributed by atoms with Crippen molar-refractivity contribution in [1.82, 2.24) is 14.8 Å². The molecule has 158 valence electrons. The van der Waals surface area contributed by atoms with Crippen molar-refractivity contribution in [2.24, 2.45) is 0 Å². The Morgan fingerprint density at radius 2 is 1.80 bits per heavy atom. The number of rotatable bonds is 8. The number of hydrogen-bond acceptors (Lipinski definition) is 4. The minimum atomic E-state index is -4.44. The van der Waals surface area contributed by atoms with Crippen molar-refractivity contribution in [2.75, 3.05) is 0 Å². The number of benzene rings is 2. The molecule has 30 heavy (non-hydrogen) atoms. The zero-order chi connectivity index (χ0) is 21.7. The monoisotopic (exact) mass is 473 g/mol. The van der Waals surface area contributed by atoms with Crippen molar-refractivity contribution in [3.8, 4) is 5.75 Å². The number of thioether (sulfide) groups is 1. The fourth-order valence-electron chi connectivity index (χ4n) is 2.56. The second-order valence-electron chi connectivity index (χ2n) is 6.10. The molecule has 0 N–H and O–H groups in total. The number of halogens is 5. The Morgan fingerprint density at radius 1 is 1.10 bits per heavy atom. The minimum Gasteiger partial charge on any atom is -0.486 e. The largest absolute Gasteiger partial charge is 0.486 e. The van der Waals surface area contributed by atoms with E-state index in [1.807, 2.05) is 0 Å². The van der Waals surface area contributed by atoms with E-state index in [1.165, 1.54) is 23.9 Å². The molecule has 0 saturated heterocycles. The van der Waals surface area contributed by atoms with E-state index in [4.69, 9.17) is 27.9 Å². The lowest BCUT2D eigenvalue weighted by atomic mass is 10.2. The zero-order valence-electron chi connectivity index (χ0n) is 15.5. The van der Waals surface area contributed by atoms with Crippen LogP contribution in [0, 0.1) is 0 Å². The van der Waals surface area contributed by atoms with E-state index in [0.29, 0.717) is 33.3 Å². The van der Waals surface area contributed by atoms with E-state index in [0.717, 1.165) is 17.7 Å². The lowest BCUT2D eigenvalue weighted by Gasteiger charge is -2.11. The van der Waals surface area contributed by atoms with Crippen LogP contribution >= 0.6 is 35.0 Å². The summed E-state index contributed by atoms with van der Waals surface area (Å²) in [5.41, 5.74) is 0.00109. The Morgan fingerprint density at radius 3 is 2.47 bits per heavy atom. The van der Waals surface area contributed by atoms with Gasteiger partial charge in [0.05, 0.1) is 5.56 Å². The summed E-state index contributed by atoms with van der Waals surface area (Å²) in [5.74, 6) is 1.03. The second kappa shape index (κ2) is 9.76. The van der Waals surface area contributed by atoms with Crippen LogP contribution in [0.5, 0.6) is 5.75 Å². The van der Waals surface area contributed by atoms with Crippen LogP contribution in [0.15, 0.2) is 60.3 Å². The SMILES string of the molecule is C=CCn1c(COc2cccc(C(F)(F)F)c2)nnc1SCc1c(Cl)cccc1Cl. The van der Waals surface area contributed by atoms with Crippen LogP contribution < -0.4 is 4.74 Å². The fourth-order valence-corrected chi connectivity index (χ4v) is 4.27. The van der Waals surface area contributed by atoms with Gasteiger partial charge < -0.3 is 4.74 Å². The summed E-state index contributed by atoms with van der Waals surface area (Å²) in [4.78, 5) is 0. The molecule has 0 amide bonds. The molecule has 0 atom stereocenters. The molecule has 10 heteroatoms. The van der Waals surface area contributed by atoms with Gasteiger partial charge in [0, 0.05) is 22.3 Å². The summed E-state index contributed by atoms with van der Waals surface area (Å²) in [7, 11) is 0. The molecule has 0 aliphatic heterocycles. The van der Waals surface area contributed by atoms with E-state index < -0.39 is 11.7 Å². The third kappa shape index (κ3) is 5.50. The van der Waals surface area contributed by atoms with Gasteiger partial charge in [-0.25, -0.2) is 0 Å². The van der Waals surface area contributed by atoms with Crippen molar-refractivity contribution in [2.45, 2.75) is 30.2 Å². The highest BCUT2D eigenvalue weighted by Crippen LogP contribution is 2.32. The summed E-state index contributed by atoms with van der Waals surface area (Å²) in [6.45, 7) is 4.09. The molecule has 0 unspecified atom stereocenters. The topological polar surface area (TPSA) is 39.9 Å². The molecule has 0 fully saturated rings. The van der Waals surface area contributed by atoms with Crippen molar-refractivity contribution in [3.63, 3.8) is 0 Å². The number of nitrogens with zero attached hydrogens (tertiary/aromatic N) is 3. The van der Waals surface area contributed by atoms with Crippen LogP contribution in [-0.2, 0) is 25.1 Å². The Balaban J connectivity index is 1.74. The normalized spacial score (nSPS) is 11.5. The molecule has 0 spiro atoms. The van der Waals surface area contributed by atoms with Crippen LogP contribution in [0.25, 0.3) is 0 Å². The first-order chi connectivity index (χ1) is 14.3. The van der Waals surface area contributed by atoms with E-state index in [-0.39, 0.29) is 12.4 Å². The summed E-state index contributed by atoms with van der Waals surface area (Å²) >= 11 is 13.8. The van der Waals surface area contributed by atoms with Crippen molar-refractivity contribution < 1.29 is 17.9 Å². The van der Waals surface area contributed by atoms with Gasteiger partial charge in [-0.1, -0.05) is 53.2 Å². The summed E-state index contributed by atoms with van der Waals surface area (Å²) in [5, 5.41) is 9.97. The molecule has 0 radical (unpaired) electrons. The minimum absolute atomic E-state index is 0.0461. The molecule has 0 aliphatic carbocycles. The van der Waals surface area contributed by atoms with E-state index in [1.54, 1.807) is 28.8 Å². The first-order valence-corrected chi connectivity index (χ1v) is 10.4. The van der Waals surface area contributed by atoms with Crippen LogP contribution in [0.1, 0.15) is 17.0 Å². The van der Waals surface area contributed by atoms with Gasteiger partial charge in [0.1, 0.15) is 12.4 Å². The fraction of sp³-hybridized carbons (Fsp3) is 0.200. The summed E-state index contributed by atoms with van der Waals surface area (Å²) in [6, 6.07) is 9.96. The molecule has 0 saturated carbocycles. The summed E-state index contributed by atoms with van der Waals surface area (Å²) < 4.78 is 45.9. The molecular formula is C20H16Cl2F3N3OS. The van der Waals surface area contributed by atoms with Gasteiger partial charge in [0.15, 0.2) is 11.0 Å². The molecule has 2 aromatic carbocycles. The Hall–Kier alpha value is -2.16. The average molecular weight is 474 g/mol. The molecule has 4 nitrogen and oxygen atoms in total. The molecule has 3 aromatic rings. The van der Waals surface area contributed by atoms with Crippen molar-refractivity contribution in [1.29, 1.82) is 0 Å². The van der Waals surface area contributed by atoms with Gasteiger partial charge in [-0.15, -0.1) is 16.8 Å². The number of hydrogen-bond donors (Lipinski definition) is 0. The predicted octanol–water partition coefficient (Wildman–Crippen LogP) is 6.66. The van der Waals surface area contributed by atoms with Gasteiger partial charge in [0.2, 0.25) is 0 Å². The van der Waals surface area contributed by atoms with Crippen LogP contribution in [-0.4, -0.2) is 14.8 Å². The van der Waals surface area contributed by atoms with Gasteiger partial charge in [0.25, 0.3) is 0 Å². The Labute approximate surface area is 185 Å². The van der Waals surface area contributed by atoms with Gasteiger partial charge in [-0.3, -0.25) is 4.57 Å². The first kappa shape index (κ1) is 22.5. The smallest absolute Gasteiger partial charge is 0.416 e. The lowest BCUT2D eigenvalue weighted by Crippen LogP contribution is -2.08. The van der Waals surface area contributed by atoms with Crippen LogP contribution in [0.3, 0.4) is 0 Å². The maximum Gasteiger partial charge on any atom is 0.416 e. The molecule has 1 aromatic heterocycles. The molecule has 3 rings (SSSR count). The lowest BCUT2D eigenvalue weighted by molar-refractivity contribution is -0.137. The Kier molecular flexibility index (Phi) is 7.33. The van der Waals surface area contributed by atoms with E-state index in [2.05, 4.69) is 16.8 Å². The Bertz CT molecular complexity index is 1020. The van der Waals surface area contributed by atoms with Gasteiger partial charge in [-0.2, -0.15) is 13.2 Å². The third-order valence-corrected chi connectivity index (χ3v) is 5.74. The molecular weight excluding hydrogens is 458 g/mol. The molecule has 0 aliphatic rings. The highest BCUT2D eigenvalue weighted by atomic mass is 35.5. The molecule has 1 heterocycles. The van der Waals surface area contributed by atoms with Gasteiger partial charge in [-0.05, 0) is 35.9 Å². The van der Waals surface area contributed by atoms with Crippen LogP contribution in [0.2, 0.25) is 10.0 Å². The zero-order valence-corrected chi connectivity index (χ0v) is 17.8. The standard InChI is InChI=1S/C20H16Cl2F3N3OS/c1-2-9-28-18(11-29-14-6-3-5-13(10-14)20(23,24)25)26-27-19(28)30-12-15-16(21)7-4-8-17(15)22/h2-8,10H,1,9,11-12H2. The predicted molar refractivity (Wildman–Crippen MR) is 112 cm³/mol. The van der Waals surface area contributed by atoms with E-state index >= 15 is 0 Å². The average Bonchev–Trinajstić information content (AvgIpc) is 3.08. The highest BCUT2D eigenvalue weighted by molar-refractivity contribution is 7.98. The first-order valence-electron chi connectivity index (χ1n) is 8.68. The van der Waals surface area contributed by atoms with E-state index in [9.17, 15) is 13.2 Å². The summed E-state index contributed by atoms with van der Waals surface area (Å²) in [6.07, 6.45) is -2.77. The third-order valence-electron chi connectivity index (χ3n) is 4.04. The number of ether oxygens (including phenoxy) is 1. The molecule has 0 bridgehead atoms. The van der Waals surface area contributed by atoms with Crippen molar-refractivity contribution in [3.05, 3.63) is 82.1 Å². The van der Waals surface area contributed by atoms with Gasteiger partial charge >= 0.3 is 6.18 Å². The number of aromatic nitrogens is 3. The number of alkyl halides is 3. The highest BCUT2D eigenvalue weighted by Gasteiger charge is 2.30. The maximum atomic E-state index is 12.9. The number of allylic oxidation sites excluding steroid dienone is 1.